The molecule has 0 atom stereocenters. The summed E-state index contributed by atoms with van der Waals surface area (Å²) in [5.41, 5.74) is 0.952. The first kappa shape index (κ1) is 14.8. The average molecular weight is 452 g/mol. The summed E-state index contributed by atoms with van der Waals surface area (Å²) in [6, 6.07) is 5.63. The summed E-state index contributed by atoms with van der Waals surface area (Å²) in [6.45, 7) is 1.94. The molecule has 100 valence electrons. The third-order valence-corrected chi connectivity index (χ3v) is 4.08. The summed E-state index contributed by atoms with van der Waals surface area (Å²) in [6.07, 6.45) is 1.70. The van der Waals surface area contributed by atoms with Crippen molar-refractivity contribution in [3.05, 3.63) is 43.4 Å². The van der Waals surface area contributed by atoms with E-state index in [4.69, 9.17) is 9.47 Å². The Morgan fingerprint density at radius 1 is 1.00 bits per heavy atom. The molecule has 0 N–H and O–H groups in total. The van der Waals surface area contributed by atoms with Crippen LogP contribution in [0.1, 0.15) is 5.56 Å². The maximum atomic E-state index is 5.81. The van der Waals surface area contributed by atoms with Gasteiger partial charge in [0.2, 0.25) is 5.88 Å². The monoisotopic (exact) mass is 449 g/mol. The smallest absolute Gasteiger partial charge is 0.222 e. The van der Waals surface area contributed by atoms with Crippen molar-refractivity contribution in [1.29, 1.82) is 0 Å². The summed E-state index contributed by atoms with van der Waals surface area (Å²) < 4.78 is 13.6. The van der Waals surface area contributed by atoms with Crippen molar-refractivity contribution in [2.45, 2.75) is 6.92 Å². The van der Waals surface area contributed by atoms with Gasteiger partial charge in [-0.25, -0.2) is 4.98 Å². The van der Waals surface area contributed by atoms with Crippen LogP contribution in [0.4, 0.5) is 0 Å². The van der Waals surface area contributed by atoms with E-state index >= 15 is 0 Å². The number of pyridine rings is 1. The highest BCUT2D eigenvalue weighted by molar-refractivity contribution is 9.11. The number of hydrogen-bond donors (Lipinski definition) is 0. The number of benzene rings is 1. The molecule has 0 bridgehead atoms. The van der Waals surface area contributed by atoms with Gasteiger partial charge >= 0.3 is 0 Å². The summed E-state index contributed by atoms with van der Waals surface area (Å²) >= 11 is 10.3. The van der Waals surface area contributed by atoms with Crippen LogP contribution in [0.15, 0.2) is 37.8 Å². The molecule has 2 aromatic rings. The Morgan fingerprint density at radius 2 is 1.63 bits per heavy atom. The van der Waals surface area contributed by atoms with Gasteiger partial charge < -0.3 is 9.47 Å². The summed E-state index contributed by atoms with van der Waals surface area (Å²) in [5, 5.41) is 0. The zero-order valence-corrected chi connectivity index (χ0v) is 15.0. The predicted octanol–water partition coefficient (Wildman–Crippen LogP) is 5.48. The van der Waals surface area contributed by atoms with Crippen LogP contribution in [0, 0.1) is 6.92 Å². The van der Waals surface area contributed by atoms with Crippen LogP contribution in [0.5, 0.6) is 17.4 Å². The van der Waals surface area contributed by atoms with E-state index in [1.54, 1.807) is 13.3 Å². The van der Waals surface area contributed by atoms with Gasteiger partial charge in [-0.1, -0.05) is 0 Å². The minimum atomic E-state index is 0.570. The Morgan fingerprint density at radius 3 is 2.26 bits per heavy atom. The van der Waals surface area contributed by atoms with Crippen LogP contribution in [-0.4, -0.2) is 12.1 Å². The van der Waals surface area contributed by atoms with E-state index in [-0.39, 0.29) is 0 Å². The third kappa shape index (κ3) is 3.49. The maximum absolute atomic E-state index is 5.81. The van der Waals surface area contributed by atoms with Crippen molar-refractivity contribution in [1.82, 2.24) is 4.98 Å². The maximum Gasteiger partial charge on any atom is 0.222 e. The first-order valence-corrected chi connectivity index (χ1v) is 7.72. The van der Waals surface area contributed by atoms with Crippen molar-refractivity contribution in [3.63, 3.8) is 0 Å². The molecule has 0 aliphatic carbocycles. The van der Waals surface area contributed by atoms with E-state index in [0.717, 1.165) is 24.7 Å². The lowest BCUT2D eigenvalue weighted by Crippen LogP contribution is -1.93. The second-order valence-electron chi connectivity index (χ2n) is 3.79. The molecule has 0 fully saturated rings. The van der Waals surface area contributed by atoms with Crippen molar-refractivity contribution in [2.24, 2.45) is 0 Å². The number of aryl methyl sites for hydroxylation is 1. The van der Waals surface area contributed by atoms with Gasteiger partial charge in [-0.3, -0.25) is 0 Å². The average Bonchev–Trinajstić information content (AvgIpc) is 2.36. The third-order valence-electron chi connectivity index (χ3n) is 2.41. The van der Waals surface area contributed by atoms with Gasteiger partial charge in [-0.15, -0.1) is 0 Å². The van der Waals surface area contributed by atoms with Gasteiger partial charge in [-0.05, 0) is 72.9 Å². The van der Waals surface area contributed by atoms with Crippen LogP contribution in [-0.2, 0) is 0 Å². The standard InChI is InChI=1S/C13H10Br3NO2/c1-7-3-8(14)6-17-13(7)19-12-5-9(15)11(18-2)4-10(12)16/h3-6H,1-2H3. The molecule has 0 spiro atoms. The van der Waals surface area contributed by atoms with E-state index in [9.17, 15) is 0 Å². The second kappa shape index (κ2) is 6.24. The fourth-order valence-electron chi connectivity index (χ4n) is 1.48. The van der Waals surface area contributed by atoms with Gasteiger partial charge in [0.15, 0.2) is 0 Å². The molecule has 0 unspecified atom stereocenters. The number of rotatable bonds is 3. The fourth-order valence-corrected chi connectivity index (χ4v) is 2.82. The predicted molar refractivity (Wildman–Crippen MR) is 85.1 cm³/mol. The normalized spacial score (nSPS) is 10.4. The van der Waals surface area contributed by atoms with Crippen LogP contribution >= 0.6 is 47.8 Å². The van der Waals surface area contributed by atoms with Gasteiger partial charge in [0.25, 0.3) is 0 Å². The molecule has 0 aliphatic rings. The SMILES string of the molecule is COc1cc(Br)c(Oc2ncc(Br)cc2C)cc1Br. The van der Waals surface area contributed by atoms with E-state index in [2.05, 4.69) is 52.8 Å². The van der Waals surface area contributed by atoms with Gasteiger partial charge in [-0.2, -0.15) is 0 Å². The Balaban J connectivity index is 2.35. The first-order chi connectivity index (χ1) is 9.01. The Hall–Kier alpha value is -0.590. The summed E-state index contributed by atoms with van der Waals surface area (Å²) in [5.74, 6) is 1.98. The highest BCUT2D eigenvalue weighted by Gasteiger charge is 2.11. The molecule has 0 saturated carbocycles. The number of nitrogens with zero attached hydrogens (tertiary/aromatic N) is 1. The van der Waals surface area contributed by atoms with Crippen molar-refractivity contribution in [2.75, 3.05) is 7.11 Å². The minimum Gasteiger partial charge on any atom is -0.496 e. The molecule has 2 rings (SSSR count). The van der Waals surface area contributed by atoms with Gasteiger partial charge in [0, 0.05) is 16.2 Å². The van der Waals surface area contributed by atoms with Gasteiger partial charge in [0.05, 0.1) is 16.1 Å². The number of ether oxygens (including phenoxy) is 2. The summed E-state index contributed by atoms with van der Waals surface area (Å²) in [7, 11) is 1.62. The highest BCUT2D eigenvalue weighted by Crippen LogP contribution is 2.38. The van der Waals surface area contributed by atoms with Crippen LogP contribution in [0.2, 0.25) is 0 Å². The minimum absolute atomic E-state index is 0.570. The van der Waals surface area contributed by atoms with E-state index in [1.807, 2.05) is 25.1 Å². The number of halogens is 3. The van der Waals surface area contributed by atoms with Crippen molar-refractivity contribution in [3.8, 4) is 17.4 Å². The second-order valence-corrected chi connectivity index (χ2v) is 6.42. The lowest BCUT2D eigenvalue weighted by molar-refractivity contribution is 0.408. The molecule has 3 nitrogen and oxygen atoms in total. The zero-order valence-electron chi connectivity index (χ0n) is 10.2. The zero-order chi connectivity index (χ0) is 14.0. The topological polar surface area (TPSA) is 31.4 Å². The number of methoxy groups -OCH3 is 1. The lowest BCUT2D eigenvalue weighted by atomic mass is 10.3. The molecule has 6 heteroatoms. The van der Waals surface area contributed by atoms with Crippen LogP contribution in [0.3, 0.4) is 0 Å². The number of aromatic nitrogens is 1. The summed E-state index contributed by atoms with van der Waals surface area (Å²) in [4.78, 5) is 4.25. The lowest BCUT2D eigenvalue weighted by Gasteiger charge is -2.11. The fraction of sp³-hybridized carbons (Fsp3) is 0.154. The van der Waals surface area contributed by atoms with E-state index < -0.39 is 0 Å². The molecule has 0 radical (unpaired) electrons. The molecular formula is C13H10Br3NO2. The van der Waals surface area contributed by atoms with Crippen molar-refractivity contribution < 1.29 is 9.47 Å². The Bertz CT molecular complexity index is 617. The van der Waals surface area contributed by atoms with Crippen LogP contribution in [0.25, 0.3) is 0 Å². The molecule has 1 aromatic carbocycles. The Labute approximate surface area is 136 Å². The number of hydrogen-bond acceptors (Lipinski definition) is 3. The highest BCUT2D eigenvalue weighted by atomic mass is 79.9. The van der Waals surface area contributed by atoms with E-state index in [0.29, 0.717) is 11.6 Å². The molecule has 1 aromatic heterocycles. The largest absolute Gasteiger partial charge is 0.496 e. The van der Waals surface area contributed by atoms with E-state index in [1.165, 1.54) is 0 Å². The molecule has 1 heterocycles. The molecule has 0 amide bonds. The molecule has 19 heavy (non-hydrogen) atoms. The Kier molecular flexibility index (Phi) is 4.86. The van der Waals surface area contributed by atoms with Gasteiger partial charge in [0.1, 0.15) is 11.5 Å². The van der Waals surface area contributed by atoms with Crippen molar-refractivity contribution >= 4 is 47.8 Å². The first-order valence-electron chi connectivity index (χ1n) is 5.34. The molecule has 0 saturated heterocycles. The molecular weight excluding hydrogens is 442 g/mol. The quantitative estimate of drug-likeness (QED) is 0.619. The van der Waals surface area contributed by atoms with Crippen LogP contribution < -0.4 is 9.47 Å². The molecule has 0 aliphatic heterocycles.